The number of hydrogen-bond donors (Lipinski definition) is 1. The van der Waals surface area contributed by atoms with Gasteiger partial charge in [0.25, 0.3) is 0 Å². The molecule has 2 aromatic heterocycles. The fourth-order valence-corrected chi connectivity index (χ4v) is 3.59. The van der Waals surface area contributed by atoms with Crippen molar-refractivity contribution < 1.29 is 14.3 Å². The highest BCUT2D eigenvalue weighted by atomic mass is 16.5. The summed E-state index contributed by atoms with van der Waals surface area (Å²) >= 11 is 0. The number of oxazole rings is 1. The van der Waals surface area contributed by atoms with Crippen molar-refractivity contribution in [3.05, 3.63) is 76.5 Å². The minimum Gasteiger partial charge on any atom is -0.490 e. The van der Waals surface area contributed by atoms with E-state index in [2.05, 4.69) is 14.9 Å². The SMILES string of the molecule is CC(O)c1ccc2c(c1)oc(=O)n2Cc1cccc(-c2ncc(OCCCN(C)C)cn2)c1. The van der Waals surface area contributed by atoms with Crippen molar-refractivity contribution in [2.45, 2.75) is 26.0 Å². The lowest BCUT2D eigenvalue weighted by molar-refractivity contribution is 0.199. The van der Waals surface area contributed by atoms with E-state index in [0.717, 1.165) is 24.1 Å². The third-order valence-corrected chi connectivity index (χ3v) is 5.35. The Labute approximate surface area is 192 Å². The average Bonchev–Trinajstić information content (AvgIpc) is 3.11. The Morgan fingerprint density at radius 3 is 2.67 bits per heavy atom. The predicted octanol–water partition coefficient (Wildman–Crippen LogP) is 3.48. The predicted molar refractivity (Wildman–Crippen MR) is 126 cm³/mol. The molecule has 0 aliphatic heterocycles. The van der Waals surface area contributed by atoms with E-state index in [9.17, 15) is 9.90 Å². The molecule has 33 heavy (non-hydrogen) atoms. The van der Waals surface area contributed by atoms with Gasteiger partial charge in [0.15, 0.2) is 17.2 Å². The highest BCUT2D eigenvalue weighted by Gasteiger charge is 2.13. The summed E-state index contributed by atoms with van der Waals surface area (Å²) < 4.78 is 12.7. The van der Waals surface area contributed by atoms with Crippen LogP contribution in [0.2, 0.25) is 0 Å². The van der Waals surface area contributed by atoms with Crippen molar-refractivity contribution in [3.8, 4) is 17.1 Å². The summed E-state index contributed by atoms with van der Waals surface area (Å²) in [5.41, 5.74) is 3.61. The lowest BCUT2D eigenvalue weighted by atomic mass is 10.1. The maximum Gasteiger partial charge on any atom is 0.420 e. The molecule has 1 unspecified atom stereocenters. The van der Waals surface area contributed by atoms with Gasteiger partial charge in [-0.1, -0.05) is 24.3 Å². The average molecular weight is 449 g/mol. The van der Waals surface area contributed by atoms with E-state index in [1.807, 2.05) is 38.4 Å². The monoisotopic (exact) mass is 448 g/mol. The number of benzene rings is 2. The summed E-state index contributed by atoms with van der Waals surface area (Å²) in [6.07, 6.45) is 3.66. The highest BCUT2D eigenvalue weighted by molar-refractivity contribution is 5.74. The van der Waals surface area contributed by atoms with Gasteiger partial charge in [-0.05, 0) is 56.8 Å². The first-order valence-corrected chi connectivity index (χ1v) is 10.9. The van der Waals surface area contributed by atoms with Crippen LogP contribution >= 0.6 is 0 Å². The number of rotatable bonds is 9. The number of aliphatic hydroxyl groups is 1. The van der Waals surface area contributed by atoms with Crippen molar-refractivity contribution in [3.63, 3.8) is 0 Å². The van der Waals surface area contributed by atoms with E-state index in [-0.39, 0.29) is 0 Å². The van der Waals surface area contributed by atoms with E-state index < -0.39 is 11.9 Å². The Bertz CT molecular complexity index is 1280. The van der Waals surface area contributed by atoms with Crippen LogP contribution in [0.3, 0.4) is 0 Å². The van der Waals surface area contributed by atoms with E-state index >= 15 is 0 Å². The minimum absolute atomic E-state index is 0.348. The van der Waals surface area contributed by atoms with Gasteiger partial charge in [-0.25, -0.2) is 14.8 Å². The van der Waals surface area contributed by atoms with Crippen LogP contribution in [-0.4, -0.2) is 51.8 Å². The molecule has 4 aromatic rings. The molecule has 0 aliphatic rings. The molecule has 2 heterocycles. The lowest BCUT2D eigenvalue weighted by Gasteiger charge is -2.10. The second kappa shape index (κ2) is 9.97. The number of fused-ring (bicyclic) bond motifs is 1. The summed E-state index contributed by atoms with van der Waals surface area (Å²) in [6, 6.07) is 13.1. The molecule has 172 valence electrons. The minimum atomic E-state index is -0.630. The molecule has 1 N–H and O–H groups in total. The molecule has 0 aliphatic carbocycles. The first-order valence-electron chi connectivity index (χ1n) is 10.9. The zero-order valence-corrected chi connectivity index (χ0v) is 19.1. The van der Waals surface area contributed by atoms with Crippen molar-refractivity contribution in [1.29, 1.82) is 0 Å². The lowest BCUT2D eigenvalue weighted by Crippen LogP contribution is -2.15. The number of aromatic nitrogens is 3. The van der Waals surface area contributed by atoms with Gasteiger partial charge in [-0.15, -0.1) is 0 Å². The number of hydrogen-bond acceptors (Lipinski definition) is 7. The van der Waals surface area contributed by atoms with Crippen LogP contribution in [-0.2, 0) is 6.54 Å². The second-order valence-electron chi connectivity index (χ2n) is 8.31. The quantitative estimate of drug-likeness (QED) is 0.392. The van der Waals surface area contributed by atoms with E-state index in [1.54, 1.807) is 42.1 Å². The van der Waals surface area contributed by atoms with Gasteiger partial charge < -0.3 is 19.2 Å². The van der Waals surface area contributed by atoms with Crippen molar-refractivity contribution in [2.75, 3.05) is 27.2 Å². The molecule has 1 atom stereocenters. The van der Waals surface area contributed by atoms with E-state index in [0.29, 0.717) is 41.4 Å². The maximum atomic E-state index is 12.5. The normalized spacial score (nSPS) is 12.4. The van der Waals surface area contributed by atoms with Crippen LogP contribution in [0.4, 0.5) is 0 Å². The van der Waals surface area contributed by atoms with Crippen LogP contribution in [0.15, 0.2) is 64.1 Å². The zero-order valence-electron chi connectivity index (χ0n) is 19.1. The molecule has 2 aromatic carbocycles. The molecule has 0 amide bonds. The van der Waals surface area contributed by atoms with Crippen LogP contribution in [0.5, 0.6) is 5.75 Å². The molecule has 8 nitrogen and oxygen atoms in total. The van der Waals surface area contributed by atoms with Crippen molar-refractivity contribution in [1.82, 2.24) is 19.4 Å². The van der Waals surface area contributed by atoms with Gasteiger partial charge in [0.05, 0.1) is 37.2 Å². The van der Waals surface area contributed by atoms with Crippen molar-refractivity contribution in [2.24, 2.45) is 0 Å². The Morgan fingerprint density at radius 1 is 1.15 bits per heavy atom. The molecule has 0 spiro atoms. The molecule has 0 bridgehead atoms. The molecule has 0 saturated carbocycles. The van der Waals surface area contributed by atoms with E-state index in [1.165, 1.54) is 0 Å². The Morgan fingerprint density at radius 2 is 1.94 bits per heavy atom. The molecule has 8 heteroatoms. The van der Waals surface area contributed by atoms with Crippen LogP contribution < -0.4 is 10.5 Å². The van der Waals surface area contributed by atoms with Gasteiger partial charge in [0.1, 0.15) is 0 Å². The van der Waals surface area contributed by atoms with Gasteiger partial charge >= 0.3 is 5.76 Å². The molecule has 0 fully saturated rings. The summed E-state index contributed by atoms with van der Waals surface area (Å²) in [5, 5.41) is 9.78. The highest BCUT2D eigenvalue weighted by Crippen LogP contribution is 2.22. The Balaban J connectivity index is 1.49. The van der Waals surface area contributed by atoms with Crippen LogP contribution in [0, 0.1) is 0 Å². The Hall–Kier alpha value is -3.49. The molecular formula is C25H28N4O4. The summed E-state index contributed by atoms with van der Waals surface area (Å²) in [4.78, 5) is 23.4. The van der Waals surface area contributed by atoms with Gasteiger partial charge in [0, 0.05) is 12.1 Å². The number of nitrogens with zero attached hydrogens (tertiary/aromatic N) is 4. The summed E-state index contributed by atoms with van der Waals surface area (Å²) in [5.74, 6) is 0.787. The topological polar surface area (TPSA) is 93.6 Å². The first-order chi connectivity index (χ1) is 15.9. The standard InChI is InChI=1S/C25H28N4O4/c1-17(30)19-8-9-22-23(13-19)33-25(31)29(22)16-18-6-4-7-20(12-18)24-26-14-21(15-27-24)32-11-5-10-28(2)3/h4,6-9,12-15,17,30H,5,10-11,16H2,1-3H3. The first kappa shape index (κ1) is 22.7. The van der Waals surface area contributed by atoms with Gasteiger partial charge in [-0.3, -0.25) is 4.57 Å². The largest absolute Gasteiger partial charge is 0.490 e. The zero-order chi connectivity index (χ0) is 23.4. The Kier molecular flexibility index (Phi) is 6.86. The second-order valence-corrected chi connectivity index (χ2v) is 8.31. The summed E-state index contributed by atoms with van der Waals surface area (Å²) in [7, 11) is 4.07. The fourth-order valence-electron chi connectivity index (χ4n) is 3.59. The summed E-state index contributed by atoms with van der Waals surface area (Å²) in [6.45, 7) is 3.60. The molecule has 0 radical (unpaired) electrons. The van der Waals surface area contributed by atoms with E-state index in [4.69, 9.17) is 9.15 Å². The van der Waals surface area contributed by atoms with Crippen molar-refractivity contribution >= 4 is 11.1 Å². The smallest absolute Gasteiger partial charge is 0.420 e. The fraction of sp³-hybridized carbons (Fsp3) is 0.320. The maximum absolute atomic E-state index is 12.5. The van der Waals surface area contributed by atoms with Gasteiger partial charge in [0.2, 0.25) is 0 Å². The molecule has 0 saturated heterocycles. The third kappa shape index (κ3) is 5.47. The third-order valence-electron chi connectivity index (χ3n) is 5.35. The molecule has 4 rings (SSSR count). The number of aliphatic hydroxyl groups excluding tert-OH is 1. The van der Waals surface area contributed by atoms with Crippen LogP contribution in [0.1, 0.15) is 30.6 Å². The molecular weight excluding hydrogens is 420 g/mol. The van der Waals surface area contributed by atoms with Gasteiger partial charge in [-0.2, -0.15) is 0 Å². The van der Waals surface area contributed by atoms with Crippen LogP contribution in [0.25, 0.3) is 22.5 Å². The number of ether oxygens (including phenoxy) is 1.